The second-order valence-electron chi connectivity index (χ2n) is 7.72. The highest BCUT2D eigenvalue weighted by molar-refractivity contribution is 14.0. The van der Waals surface area contributed by atoms with E-state index in [0.717, 1.165) is 31.9 Å². The Hall–Kier alpha value is -0.870. The highest BCUT2D eigenvalue weighted by Gasteiger charge is 2.24. The fourth-order valence-electron chi connectivity index (χ4n) is 3.49. The summed E-state index contributed by atoms with van der Waals surface area (Å²) in [6.45, 7) is 11.3. The molecule has 1 saturated heterocycles. The van der Waals surface area contributed by atoms with Crippen molar-refractivity contribution in [3.63, 3.8) is 0 Å². The van der Waals surface area contributed by atoms with Crippen LogP contribution in [-0.4, -0.2) is 62.8 Å². The summed E-state index contributed by atoms with van der Waals surface area (Å²) in [5, 5.41) is 6.88. The van der Waals surface area contributed by atoms with Crippen LogP contribution in [0.2, 0.25) is 0 Å². The van der Waals surface area contributed by atoms with Crippen molar-refractivity contribution in [3.05, 3.63) is 30.3 Å². The van der Waals surface area contributed by atoms with E-state index in [4.69, 9.17) is 0 Å². The summed E-state index contributed by atoms with van der Waals surface area (Å²) in [6, 6.07) is 9.43. The van der Waals surface area contributed by atoms with Crippen molar-refractivity contribution in [2.24, 2.45) is 4.99 Å². The third-order valence-corrected chi connectivity index (χ3v) is 7.11. The molecule has 1 aliphatic rings. The molecule has 2 N–H and O–H groups in total. The molecule has 1 aromatic carbocycles. The Morgan fingerprint density at radius 3 is 2.31 bits per heavy atom. The highest BCUT2D eigenvalue weighted by Crippen LogP contribution is 2.14. The molecule has 0 bridgehead atoms. The molecule has 1 unspecified atom stereocenters. The Bertz CT molecular complexity index is 717. The van der Waals surface area contributed by atoms with Gasteiger partial charge in [0.1, 0.15) is 0 Å². The number of hydrogen-bond donors (Lipinski definition) is 2. The number of piperidine rings is 1. The van der Waals surface area contributed by atoms with Crippen LogP contribution < -0.4 is 10.6 Å². The zero-order valence-corrected chi connectivity index (χ0v) is 21.2. The van der Waals surface area contributed by atoms with E-state index in [1.165, 1.54) is 0 Å². The molecule has 1 aliphatic heterocycles. The fourth-order valence-corrected chi connectivity index (χ4v) is 5.10. The van der Waals surface area contributed by atoms with E-state index < -0.39 is 9.84 Å². The van der Waals surface area contributed by atoms with Crippen molar-refractivity contribution in [2.75, 3.05) is 25.4 Å². The zero-order valence-electron chi connectivity index (χ0n) is 18.1. The van der Waals surface area contributed by atoms with E-state index in [1.807, 2.05) is 19.9 Å². The van der Waals surface area contributed by atoms with Crippen molar-refractivity contribution in [2.45, 2.75) is 70.0 Å². The average molecular weight is 537 g/mol. The monoisotopic (exact) mass is 536 g/mol. The smallest absolute Gasteiger partial charge is 0.191 e. The van der Waals surface area contributed by atoms with E-state index in [2.05, 4.69) is 34.4 Å². The van der Waals surface area contributed by atoms with Crippen molar-refractivity contribution in [1.29, 1.82) is 0 Å². The van der Waals surface area contributed by atoms with Gasteiger partial charge in [0.25, 0.3) is 0 Å². The maximum absolute atomic E-state index is 12.7. The Labute approximate surface area is 193 Å². The lowest BCUT2D eigenvalue weighted by atomic mass is 10.0. The normalized spacial score (nSPS) is 17.6. The molecular weight excluding hydrogens is 499 g/mol. The van der Waals surface area contributed by atoms with Gasteiger partial charge in [0.15, 0.2) is 15.8 Å². The molecule has 0 amide bonds. The minimum absolute atomic E-state index is 0. The maximum Gasteiger partial charge on any atom is 0.191 e. The Morgan fingerprint density at radius 2 is 1.79 bits per heavy atom. The predicted octanol–water partition coefficient (Wildman–Crippen LogP) is 3.28. The van der Waals surface area contributed by atoms with Crippen LogP contribution in [0.4, 0.5) is 0 Å². The molecule has 1 aromatic rings. The second-order valence-corrected chi connectivity index (χ2v) is 9.75. The molecule has 0 aliphatic carbocycles. The van der Waals surface area contributed by atoms with Crippen LogP contribution in [0, 0.1) is 0 Å². The van der Waals surface area contributed by atoms with E-state index >= 15 is 0 Å². The second kappa shape index (κ2) is 12.7. The quantitative estimate of drug-likeness (QED) is 0.303. The summed E-state index contributed by atoms with van der Waals surface area (Å²) >= 11 is 0. The highest BCUT2D eigenvalue weighted by atomic mass is 127. The molecule has 1 heterocycles. The van der Waals surface area contributed by atoms with Gasteiger partial charge in [0.05, 0.1) is 10.6 Å². The third-order valence-electron chi connectivity index (χ3n) is 5.27. The van der Waals surface area contributed by atoms with E-state index in [1.54, 1.807) is 24.3 Å². The number of sulfone groups is 1. The first-order valence-electron chi connectivity index (χ1n) is 10.4. The van der Waals surface area contributed by atoms with Gasteiger partial charge in [0.2, 0.25) is 0 Å². The number of halogens is 1. The zero-order chi connectivity index (χ0) is 20.6. The average Bonchev–Trinajstić information content (AvgIpc) is 2.68. The number of aliphatic imine (C=N–C) groups is 1. The number of guanidine groups is 1. The molecule has 0 spiro atoms. The van der Waals surface area contributed by atoms with Crippen LogP contribution in [-0.2, 0) is 9.84 Å². The van der Waals surface area contributed by atoms with Crippen molar-refractivity contribution in [3.8, 4) is 0 Å². The predicted molar refractivity (Wildman–Crippen MR) is 132 cm³/mol. The van der Waals surface area contributed by atoms with Gasteiger partial charge >= 0.3 is 0 Å². The molecule has 166 valence electrons. The number of benzene rings is 1. The van der Waals surface area contributed by atoms with Crippen LogP contribution >= 0.6 is 24.0 Å². The minimum atomic E-state index is -3.33. The van der Waals surface area contributed by atoms with Gasteiger partial charge in [-0.05, 0) is 52.2 Å². The number of nitrogens with zero attached hydrogens (tertiary/aromatic N) is 2. The lowest BCUT2D eigenvalue weighted by molar-refractivity contribution is 0.167. The number of likely N-dealkylation sites (tertiary alicyclic amines) is 1. The Kier molecular flexibility index (Phi) is 11.5. The summed E-state index contributed by atoms with van der Waals surface area (Å²) in [4.78, 5) is 7.41. The number of rotatable bonds is 8. The summed E-state index contributed by atoms with van der Waals surface area (Å²) in [7, 11) is -3.33. The Morgan fingerprint density at radius 1 is 1.17 bits per heavy atom. The standard InChI is InChI=1S/C21H36N4O2S.HI/c1-5-18(16-28(26,27)20-10-8-7-9-11-20)23-21(22-6-2)24-19-12-14-25(15-13-19)17(3)4;/h7-11,17-19H,5-6,12-16H2,1-4H3,(H2,22,23,24);1H. The first-order valence-corrected chi connectivity index (χ1v) is 12.1. The summed E-state index contributed by atoms with van der Waals surface area (Å²) < 4.78 is 25.4. The lowest BCUT2D eigenvalue weighted by Crippen LogP contribution is -2.52. The molecule has 0 radical (unpaired) electrons. The lowest BCUT2D eigenvalue weighted by Gasteiger charge is -2.35. The topological polar surface area (TPSA) is 73.8 Å². The number of hydrogen-bond acceptors (Lipinski definition) is 4. The van der Waals surface area contributed by atoms with E-state index in [9.17, 15) is 8.42 Å². The van der Waals surface area contributed by atoms with E-state index in [0.29, 0.717) is 29.9 Å². The Balaban J connectivity index is 0.00000420. The first-order chi connectivity index (χ1) is 13.4. The van der Waals surface area contributed by atoms with Gasteiger partial charge in [-0.1, -0.05) is 25.1 Å². The van der Waals surface area contributed by atoms with Gasteiger partial charge in [0, 0.05) is 37.8 Å². The summed E-state index contributed by atoms with van der Waals surface area (Å²) in [5.74, 6) is 0.782. The summed E-state index contributed by atoms with van der Waals surface area (Å²) in [6.07, 6.45) is 2.85. The molecule has 8 heteroatoms. The largest absolute Gasteiger partial charge is 0.354 e. The molecule has 6 nitrogen and oxygen atoms in total. The van der Waals surface area contributed by atoms with Gasteiger partial charge in [-0.15, -0.1) is 24.0 Å². The SMILES string of the molecule is CCN=C(NC1CCN(C(C)C)CC1)NC(CC)CS(=O)(=O)c1ccccc1.I. The van der Waals surface area contributed by atoms with Gasteiger partial charge in [-0.25, -0.2) is 8.42 Å². The van der Waals surface area contributed by atoms with Crippen LogP contribution in [0.25, 0.3) is 0 Å². The van der Waals surface area contributed by atoms with Crippen molar-refractivity contribution in [1.82, 2.24) is 15.5 Å². The fraction of sp³-hybridized carbons (Fsp3) is 0.667. The molecule has 2 rings (SSSR count). The molecule has 29 heavy (non-hydrogen) atoms. The van der Waals surface area contributed by atoms with Crippen molar-refractivity contribution < 1.29 is 8.42 Å². The molecule has 1 atom stereocenters. The summed E-state index contributed by atoms with van der Waals surface area (Å²) in [5.41, 5.74) is 0. The van der Waals surface area contributed by atoms with Crippen molar-refractivity contribution >= 4 is 39.8 Å². The number of nitrogens with one attached hydrogen (secondary N) is 2. The van der Waals surface area contributed by atoms with Crippen LogP contribution in [0.1, 0.15) is 47.0 Å². The van der Waals surface area contributed by atoms with Crippen LogP contribution in [0.15, 0.2) is 40.2 Å². The van der Waals surface area contributed by atoms with Gasteiger partial charge in [-0.3, -0.25) is 4.99 Å². The minimum Gasteiger partial charge on any atom is -0.354 e. The third kappa shape index (κ3) is 8.41. The molecular formula is C21H37IN4O2S. The molecule has 1 fully saturated rings. The van der Waals surface area contributed by atoms with Crippen LogP contribution in [0.5, 0.6) is 0 Å². The maximum atomic E-state index is 12.7. The molecule has 0 saturated carbocycles. The molecule has 0 aromatic heterocycles. The van der Waals surface area contributed by atoms with E-state index in [-0.39, 0.29) is 35.8 Å². The van der Waals surface area contributed by atoms with Crippen LogP contribution in [0.3, 0.4) is 0 Å². The van der Waals surface area contributed by atoms with Gasteiger partial charge in [-0.2, -0.15) is 0 Å². The van der Waals surface area contributed by atoms with Gasteiger partial charge < -0.3 is 15.5 Å². The first kappa shape index (κ1) is 26.2.